The highest BCUT2D eigenvalue weighted by Crippen LogP contribution is 2.37. The molecule has 0 aliphatic carbocycles. The van der Waals surface area contributed by atoms with Crippen LogP contribution in [0.1, 0.15) is 59.2 Å². The normalized spacial score (nSPS) is 26.9. The molecule has 0 spiro atoms. The van der Waals surface area contributed by atoms with Gasteiger partial charge in [0.25, 0.3) is 5.91 Å². The predicted octanol–water partition coefficient (Wildman–Crippen LogP) is 4.07. The Balaban J connectivity index is 1.23. The summed E-state index contributed by atoms with van der Waals surface area (Å²) in [5.74, 6) is 1.51. The van der Waals surface area contributed by atoms with E-state index in [4.69, 9.17) is 5.73 Å². The maximum absolute atomic E-state index is 13.4. The molecule has 0 bridgehead atoms. The molecule has 2 amide bonds. The van der Waals surface area contributed by atoms with Crippen LogP contribution in [0, 0.1) is 31.6 Å². The van der Waals surface area contributed by atoms with E-state index in [-0.39, 0.29) is 17.7 Å². The number of piperidine rings is 1. The van der Waals surface area contributed by atoms with Gasteiger partial charge in [-0.05, 0) is 81.3 Å². The van der Waals surface area contributed by atoms with Crippen molar-refractivity contribution >= 4 is 11.8 Å². The van der Waals surface area contributed by atoms with Crippen molar-refractivity contribution in [3.05, 3.63) is 70.8 Å². The summed E-state index contributed by atoms with van der Waals surface area (Å²) >= 11 is 0. The smallest absolute Gasteiger partial charge is 0.254 e. The van der Waals surface area contributed by atoms with Gasteiger partial charge in [-0.1, -0.05) is 55.5 Å². The first-order valence-corrected chi connectivity index (χ1v) is 14.5. The van der Waals surface area contributed by atoms with E-state index in [2.05, 4.69) is 52.0 Å². The third-order valence-electron chi connectivity index (χ3n) is 9.56. The minimum atomic E-state index is -0.148. The number of rotatable bonds is 8. The second kappa shape index (κ2) is 11.6. The van der Waals surface area contributed by atoms with E-state index in [0.29, 0.717) is 23.8 Å². The van der Waals surface area contributed by atoms with E-state index >= 15 is 0 Å². The second-order valence-electron chi connectivity index (χ2n) is 11.9. The van der Waals surface area contributed by atoms with Crippen molar-refractivity contribution in [1.82, 2.24) is 14.7 Å². The molecule has 3 saturated heterocycles. The van der Waals surface area contributed by atoms with Gasteiger partial charge >= 0.3 is 0 Å². The third kappa shape index (κ3) is 5.52. The zero-order valence-electron chi connectivity index (χ0n) is 23.3. The molecule has 0 radical (unpaired) electrons. The molecule has 2 aromatic rings. The molecule has 2 aromatic carbocycles. The first-order valence-electron chi connectivity index (χ1n) is 14.5. The van der Waals surface area contributed by atoms with Crippen LogP contribution in [0.15, 0.2) is 48.5 Å². The summed E-state index contributed by atoms with van der Waals surface area (Å²) in [6.07, 6.45) is 2.79. The van der Waals surface area contributed by atoms with Crippen molar-refractivity contribution < 1.29 is 9.59 Å². The van der Waals surface area contributed by atoms with Gasteiger partial charge in [0.05, 0.1) is 0 Å². The number of likely N-dealkylation sites (tertiary alicyclic amines) is 3. The number of carbonyl (C=O) groups is 2. The molecule has 0 aromatic heterocycles. The van der Waals surface area contributed by atoms with Crippen LogP contribution in [0.4, 0.5) is 0 Å². The Hall–Kier alpha value is -2.70. The van der Waals surface area contributed by atoms with Crippen molar-refractivity contribution in [3.63, 3.8) is 0 Å². The van der Waals surface area contributed by atoms with Crippen molar-refractivity contribution in [2.45, 2.75) is 52.0 Å². The number of hydrogen-bond acceptors (Lipinski definition) is 4. The molecule has 3 aliphatic heterocycles. The summed E-state index contributed by atoms with van der Waals surface area (Å²) in [5.41, 5.74) is 10.2. The number of aryl methyl sites for hydroxylation is 2. The molecule has 6 heteroatoms. The topological polar surface area (TPSA) is 69.9 Å². The lowest BCUT2D eigenvalue weighted by molar-refractivity contribution is -0.124. The highest BCUT2D eigenvalue weighted by molar-refractivity contribution is 5.97. The largest absolute Gasteiger partial charge is 0.369 e. The lowest BCUT2D eigenvalue weighted by Crippen LogP contribution is -2.48. The molecular weight excluding hydrogens is 472 g/mol. The minimum Gasteiger partial charge on any atom is -0.369 e. The molecule has 5 rings (SSSR count). The van der Waals surface area contributed by atoms with Gasteiger partial charge in [-0.15, -0.1) is 0 Å². The summed E-state index contributed by atoms with van der Waals surface area (Å²) in [6.45, 7) is 13.2. The summed E-state index contributed by atoms with van der Waals surface area (Å²) < 4.78 is 0. The average Bonchev–Trinajstić information content (AvgIpc) is 3.48. The summed E-state index contributed by atoms with van der Waals surface area (Å²) in [5, 5.41) is 0. The quantitative estimate of drug-likeness (QED) is 0.574. The molecule has 38 heavy (non-hydrogen) atoms. The average molecular weight is 517 g/mol. The zero-order chi connectivity index (χ0) is 26.8. The number of carbonyl (C=O) groups excluding carboxylic acids is 2. The lowest BCUT2D eigenvalue weighted by atomic mass is 9.79. The monoisotopic (exact) mass is 516 g/mol. The van der Waals surface area contributed by atoms with Crippen LogP contribution in [0.2, 0.25) is 0 Å². The molecule has 3 aliphatic rings. The Labute approximate surface area is 228 Å². The molecule has 4 unspecified atom stereocenters. The fourth-order valence-corrected chi connectivity index (χ4v) is 7.47. The van der Waals surface area contributed by atoms with E-state index in [0.717, 1.165) is 81.8 Å². The van der Waals surface area contributed by atoms with Gasteiger partial charge < -0.3 is 20.4 Å². The van der Waals surface area contributed by atoms with Crippen LogP contribution in [0.25, 0.3) is 0 Å². The molecule has 0 saturated carbocycles. The number of hydrogen-bond donors (Lipinski definition) is 1. The Morgan fingerprint density at radius 2 is 1.61 bits per heavy atom. The van der Waals surface area contributed by atoms with Gasteiger partial charge in [-0.25, -0.2) is 0 Å². The maximum Gasteiger partial charge on any atom is 0.254 e. The van der Waals surface area contributed by atoms with Crippen LogP contribution >= 0.6 is 0 Å². The fraction of sp³-hybridized carbons (Fsp3) is 0.562. The van der Waals surface area contributed by atoms with E-state index < -0.39 is 0 Å². The fourth-order valence-electron chi connectivity index (χ4n) is 7.47. The molecule has 6 nitrogen and oxygen atoms in total. The van der Waals surface area contributed by atoms with Crippen LogP contribution in [0.3, 0.4) is 0 Å². The number of primary amides is 1. The lowest BCUT2D eigenvalue weighted by Gasteiger charge is -2.43. The summed E-state index contributed by atoms with van der Waals surface area (Å²) in [4.78, 5) is 32.7. The van der Waals surface area contributed by atoms with Crippen LogP contribution in [-0.4, -0.2) is 78.4 Å². The molecule has 204 valence electrons. The first-order chi connectivity index (χ1) is 18.4. The Morgan fingerprint density at radius 3 is 2.21 bits per heavy atom. The first kappa shape index (κ1) is 26.9. The van der Waals surface area contributed by atoms with Crippen LogP contribution in [0.5, 0.6) is 0 Å². The maximum atomic E-state index is 13.4. The Bertz CT molecular complexity index is 1100. The number of benzene rings is 2. The van der Waals surface area contributed by atoms with Gasteiger partial charge in [0.1, 0.15) is 0 Å². The van der Waals surface area contributed by atoms with Gasteiger partial charge in [0.2, 0.25) is 5.91 Å². The molecule has 3 fully saturated rings. The SMILES string of the molecule is CCN1CCC(C(N)=O)CC1[C@@H](CCN1CC2CN(C(=O)c3c(C)cccc3C)CC2C1)c1ccccc1. The third-order valence-corrected chi connectivity index (χ3v) is 9.56. The molecule has 3 heterocycles. The van der Waals surface area contributed by atoms with E-state index in [9.17, 15) is 9.59 Å². The highest BCUT2D eigenvalue weighted by Gasteiger charge is 2.42. The van der Waals surface area contributed by atoms with Crippen molar-refractivity contribution in [2.24, 2.45) is 23.5 Å². The Kier molecular flexibility index (Phi) is 8.20. The zero-order valence-corrected chi connectivity index (χ0v) is 23.3. The number of likely N-dealkylation sites (N-methyl/N-ethyl adjacent to an activating group) is 1. The number of nitrogens with zero attached hydrogens (tertiary/aromatic N) is 3. The minimum absolute atomic E-state index is 0.0273. The number of amides is 2. The van der Waals surface area contributed by atoms with Gasteiger partial charge in [0.15, 0.2) is 0 Å². The van der Waals surface area contributed by atoms with E-state index in [1.807, 2.05) is 32.0 Å². The summed E-state index contributed by atoms with van der Waals surface area (Å²) in [6, 6.07) is 17.3. The Morgan fingerprint density at radius 1 is 0.947 bits per heavy atom. The van der Waals surface area contributed by atoms with Crippen LogP contribution in [-0.2, 0) is 4.79 Å². The molecular formula is C32H44N4O2. The molecule has 5 atom stereocenters. The number of fused-ring (bicyclic) bond motifs is 1. The second-order valence-corrected chi connectivity index (χ2v) is 11.9. The molecule has 2 N–H and O–H groups in total. The van der Waals surface area contributed by atoms with Crippen LogP contribution < -0.4 is 5.73 Å². The van der Waals surface area contributed by atoms with E-state index in [1.165, 1.54) is 5.56 Å². The predicted molar refractivity (Wildman–Crippen MR) is 152 cm³/mol. The van der Waals surface area contributed by atoms with Gasteiger partial charge in [0, 0.05) is 49.6 Å². The number of nitrogens with two attached hydrogens (primary N) is 1. The van der Waals surface area contributed by atoms with Crippen molar-refractivity contribution in [2.75, 3.05) is 45.8 Å². The van der Waals surface area contributed by atoms with E-state index in [1.54, 1.807) is 0 Å². The van der Waals surface area contributed by atoms with Crippen molar-refractivity contribution in [3.8, 4) is 0 Å². The van der Waals surface area contributed by atoms with Crippen molar-refractivity contribution in [1.29, 1.82) is 0 Å². The highest BCUT2D eigenvalue weighted by atomic mass is 16.2. The van der Waals surface area contributed by atoms with Gasteiger partial charge in [-0.2, -0.15) is 0 Å². The van der Waals surface area contributed by atoms with Gasteiger partial charge in [-0.3, -0.25) is 9.59 Å². The standard InChI is InChI=1S/C32H44N4O2/c1-4-35-16-13-25(31(33)37)17-29(35)28(24-11-6-5-7-12-24)14-15-34-18-26-20-36(21-27(26)19-34)32(38)30-22(2)9-8-10-23(30)3/h5-12,25-29H,4,13-21H2,1-3H3,(H2,33,37)/t25?,26?,27?,28-,29?/m0/s1. The summed E-state index contributed by atoms with van der Waals surface area (Å²) in [7, 11) is 0.